The number of hydrogen-bond acceptors (Lipinski definition) is 3. The van der Waals surface area contributed by atoms with Crippen molar-refractivity contribution in [3.8, 4) is 0 Å². The van der Waals surface area contributed by atoms with Gasteiger partial charge >= 0.3 is 0 Å². The Hall–Kier alpha value is -1.88. The van der Waals surface area contributed by atoms with Crippen LogP contribution in [-0.2, 0) is 0 Å². The molecular formula is C13H13FN2OS. The molecule has 1 heterocycles. The normalized spacial score (nSPS) is 12.1. The van der Waals surface area contributed by atoms with Gasteiger partial charge < -0.3 is 11.1 Å². The molecule has 0 bridgehead atoms. The molecule has 0 spiro atoms. The van der Waals surface area contributed by atoms with Crippen LogP contribution in [0.4, 0.5) is 10.1 Å². The van der Waals surface area contributed by atoms with E-state index in [4.69, 9.17) is 5.73 Å². The number of thiophene rings is 1. The summed E-state index contributed by atoms with van der Waals surface area (Å²) in [6.45, 7) is 1.90. The van der Waals surface area contributed by atoms with Crippen molar-refractivity contribution in [3.05, 3.63) is 52.0 Å². The van der Waals surface area contributed by atoms with Crippen LogP contribution in [-0.4, -0.2) is 5.91 Å². The van der Waals surface area contributed by atoms with Crippen molar-refractivity contribution in [2.75, 3.05) is 5.73 Å². The molecule has 0 aliphatic rings. The molecule has 0 saturated heterocycles. The highest BCUT2D eigenvalue weighted by molar-refractivity contribution is 7.07. The van der Waals surface area contributed by atoms with Crippen molar-refractivity contribution in [3.63, 3.8) is 0 Å². The van der Waals surface area contributed by atoms with Crippen LogP contribution in [0.5, 0.6) is 0 Å². The predicted octanol–water partition coefficient (Wildman–Crippen LogP) is 2.96. The van der Waals surface area contributed by atoms with Crippen molar-refractivity contribution in [1.82, 2.24) is 5.32 Å². The third-order valence-electron chi connectivity index (χ3n) is 2.65. The first kappa shape index (κ1) is 12.6. The number of hydrogen-bond donors (Lipinski definition) is 2. The smallest absolute Gasteiger partial charge is 0.251 e. The minimum absolute atomic E-state index is 0.0224. The second-order valence-electron chi connectivity index (χ2n) is 3.99. The van der Waals surface area contributed by atoms with Gasteiger partial charge in [-0.3, -0.25) is 4.79 Å². The molecule has 0 aliphatic heterocycles. The fraction of sp³-hybridized carbons (Fsp3) is 0.154. The van der Waals surface area contributed by atoms with E-state index in [2.05, 4.69) is 5.32 Å². The lowest BCUT2D eigenvalue weighted by Crippen LogP contribution is -2.26. The van der Waals surface area contributed by atoms with Gasteiger partial charge in [-0.25, -0.2) is 4.39 Å². The summed E-state index contributed by atoms with van der Waals surface area (Å²) in [5.74, 6) is -0.780. The maximum Gasteiger partial charge on any atom is 0.251 e. The second-order valence-corrected chi connectivity index (χ2v) is 4.77. The first-order chi connectivity index (χ1) is 8.58. The Balaban J connectivity index is 2.10. The van der Waals surface area contributed by atoms with E-state index in [0.717, 1.165) is 5.56 Å². The summed E-state index contributed by atoms with van der Waals surface area (Å²) in [6, 6.07) is 5.82. The molecule has 3 nitrogen and oxygen atoms in total. The molecule has 18 heavy (non-hydrogen) atoms. The topological polar surface area (TPSA) is 55.1 Å². The highest BCUT2D eigenvalue weighted by atomic mass is 32.1. The Labute approximate surface area is 108 Å². The molecule has 0 fully saturated rings. The van der Waals surface area contributed by atoms with Crippen LogP contribution in [0.15, 0.2) is 35.0 Å². The van der Waals surface area contributed by atoms with Gasteiger partial charge in [0.25, 0.3) is 5.91 Å². The van der Waals surface area contributed by atoms with Gasteiger partial charge in [-0.15, -0.1) is 0 Å². The van der Waals surface area contributed by atoms with E-state index in [-0.39, 0.29) is 17.6 Å². The third kappa shape index (κ3) is 2.68. The zero-order valence-corrected chi connectivity index (χ0v) is 10.6. The molecule has 94 valence electrons. The number of carbonyl (C=O) groups excluding carboxylic acids is 1. The lowest BCUT2D eigenvalue weighted by Gasteiger charge is -2.12. The zero-order valence-electron chi connectivity index (χ0n) is 9.81. The van der Waals surface area contributed by atoms with Crippen molar-refractivity contribution in [2.45, 2.75) is 13.0 Å². The molecule has 0 radical (unpaired) electrons. The Bertz CT molecular complexity index is 554. The lowest BCUT2D eigenvalue weighted by atomic mass is 10.1. The molecule has 1 amide bonds. The number of halogens is 1. The van der Waals surface area contributed by atoms with Crippen LogP contribution in [0.2, 0.25) is 0 Å². The van der Waals surface area contributed by atoms with E-state index in [1.165, 1.54) is 18.2 Å². The first-order valence-electron chi connectivity index (χ1n) is 5.46. The number of carbonyl (C=O) groups is 1. The number of rotatable bonds is 3. The van der Waals surface area contributed by atoms with E-state index in [9.17, 15) is 9.18 Å². The van der Waals surface area contributed by atoms with Gasteiger partial charge in [0.05, 0.1) is 11.7 Å². The first-order valence-corrected chi connectivity index (χ1v) is 6.40. The van der Waals surface area contributed by atoms with Gasteiger partial charge in [0.15, 0.2) is 0 Å². The highest BCUT2D eigenvalue weighted by Gasteiger charge is 2.12. The maximum absolute atomic E-state index is 13.0. The number of nitrogen functional groups attached to an aromatic ring is 1. The Morgan fingerprint density at radius 3 is 2.83 bits per heavy atom. The average Bonchev–Trinajstić information content (AvgIpc) is 2.86. The molecule has 2 rings (SSSR count). The summed E-state index contributed by atoms with van der Waals surface area (Å²) in [5.41, 5.74) is 6.81. The minimum atomic E-state index is -0.516. The van der Waals surface area contributed by atoms with Gasteiger partial charge in [-0.05, 0) is 47.5 Å². The van der Waals surface area contributed by atoms with Crippen molar-refractivity contribution >= 4 is 22.9 Å². The highest BCUT2D eigenvalue weighted by Crippen LogP contribution is 2.17. The van der Waals surface area contributed by atoms with E-state index in [1.54, 1.807) is 11.3 Å². The van der Waals surface area contributed by atoms with E-state index in [0.29, 0.717) is 5.56 Å². The quantitative estimate of drug-likeness (QED) is 0.837. The van der Waals surface area contributed by atoms with Gasteiger partial charge in [0.2, 0.25) is 0 Å². The molecule has 5 heteroatoms. The molecule has 1 unspecified atom stereocenters. The largest absolute Gasteiger partial charge is 0.396 e. The number of benzene rings is 1. The molecule has 1 aromatic heterocycles. The van der Waals surface area contributed by atoms with E-state index in [1.807, 2.05) is 23.8 Å². The van der Waals surface area contributed by atoms with Crippen LogP contribution in [0.25, 0.3) is 0 Å². The standard InChI is InChI=1S/C13H13FN2OS/c1-8(10-4-5-18-7-10)16-13(17)9-2-3-11(14)12(15)6-9/h2-8H,15H2,1H3,(H,16,17). The van der Waals surface area contributed by atoms with Crippen LogP contribution >= 0.6 is 11.3 Å². The summed E-state index contributed by atoms with van der Waals surface area (Å²) in [6.07, 6.45) is 0. The number of nitrogens with one attached hydrogen (secondary N) is 1. The van der Waals surface area contributed by atoms with Crippen LogP contribution in [0, 0.1) is 5.82 Å². The van der Waals surface area contributed by atoms with Crippen molar-refractivity contribution in [1.29, 1.82) is 0 Å². The van der Waals surface area contributed by atoms with Gasteiger partial charge in [-0.2, -0.15) is 11.3 Å². The van der Waals surface area contributed by atoms with Gasteiger partial charge in [0.1, 0.15) is 5.82 Å². The summed E-state index contributed by atoms with van der Waals surface area (Å²) >= 11 is 1.57. The molecule has 2 aromatic rings. The fourth-order valence-electron chi connectivity index (χ4n) is 1.57. The number of nitrogens with two attached hydrogens (primary N) is 1. The third-order valence-corrected chi connectivity index (χ3v) is 3.35. The predicted molar refractivity (Wildman–Crippen MR) is 71.0 cm³/mol. The zero-order chi connectivity index (χ0) is 13.1. The minimum Gasteiger partial charge on any atom is -0.396 e. The molecular weight excluding hydrogens is 251 g/mol. The lowest BCUT2D eigenvalue weighted by molar-refractivity contribution is 0.0940. The van der Waals surface area contributed by atoms with E-state index >= 15 is 0 Å². The maximum atomic E-state index is 13.0. The Morgan fingerprint density at radius 2 is 2.22 bits per heavy atom. The van der Waals surface area contributed by atoms with Crippen LogP contribution in [0.3, 0.4) is 0 Å². The molecule has 0 aliphatic carbocycles. The van der Waals surface area contributed by atoms with Crippen LogP contribution in [0.1, 0.15) is 28.9 Å². The number of amides is 1. The molecule has 0 saturated carbocycles. The van der Waals surface area contributed by atoms with Gasteiger partial charge in [0, 0.05) is 5.56 Å². The molecule has 1 aromatic carbocycles. The van der Waals surface area contributed by atoms with Crippen molar-refractivity contribution < 1.29 is 9.18 Å². The average molecular weight is 264 g/mol. The number of anilines is 1. The summed E-state index contributed by atoms with van der Waals surface area (Å²) < 4.78 is 13.0. The Kier molecular flexibility index (Phi) is 3.62. The van der Waals surface area contributed by atoms with Gasteiger partial charge in [-0.1, -0.05) is 0 Å². The molecule has 3 N–H and O–H groups in total. The molecule has 1 atom stereocenters. The summed E-state index contributed by atoms with van der Waals surface area (Å²) in [4.78, 5) is 11.9. The van der Waals surface area contributed by atoms with E-state index < -0.39 is 5.82 Å². The monoisotopic (exact) mass is 264 g/mol. The second kappa shape index (κ2) is 5.18. The SMILES string of the molecule is CC(NC(=O)c1ccc(F)c(N)c1)c1ccsc1. The summed E-state index contributed by atoms with van der Waals surface area (Å²) in [7, 11) is 0. The van der Waals surface area contributed by atoms with Crippen LogP contribution < -0.4 is 11.1 Å². The summed E-state index contributed by atoms with van der Waals surface area (Å²) in [5, 5.41) is 6.76. The Morgan fingerprint density at radius 1 is 1.44 bits per heavy atom. The fourth-order valence-corrected chi connectivity index (χ4v) is 2.32. The van der Waals surface area contributed by atoms with Crippen molar-refractivity contribution in [2.24, 2.45) is 0 Å².